The van der Waals surface area contributed by atoms with Gasteiger partial charge in [-0.3, -0.25) is 0 Å². The van der Waals surface area contributed by atoms with Crippen LogP contribution in [-0.4, -0.2) is 68.9 Å². The standard InChI is InChI=1S/C50H56N4O9/c1-57-49(55)43(53-50(56)62-35-41-25-15-6-16-26-41)28-27-42(30-52-54-51)29-44-46(59-32-38-19-9-3-10-20-38)48(61-34-40-23-13-5-14-24-40)47(60-33-39-21-11-4-12-22-39)45(63-44)36-58-31-37-17-7-2-8-18-37/h2-26,42-48H,27-36H2,1H3,(H,53,56)/t42-,43-,44-,45+,46-,47-,48+/m0/s1. The highest BCUT2D eigenvalue weighted by Crippen LogP contribution is 2.35. The van der Waals surface area contributed by atoms with Gasteiger partial charge in [0.1, 0.15) is 37.1 Å². The number of carbonyl (C=O) groups is 2. The Morgan fingerprint density at radius 3 is 1.54 bits per heavy atom. The SMILES string of the molecule is COC(=O)[C@H](CC[C@H](CN=[N+]=[N-])C[C@@H]1O[C@H](COCc2ccccc2)[C@H](OCc2ccccc2)[C@H](OCc2ccccc2)[C@H]1OCc1ccccc1)NC(=O)OCc1ccccc1. The second kappa shape index (κ2) is 25.8. The summed E-state index contributed by atoms with van der Waals surface area (Å²) >= 11 is 0. The van der Waals surface area contributed by atoms with Gasteiger partial charge >= 0.3 is 12.1 Å². The number of nitrogens with one attached hydrogen (secondary N) is 1. The summed E-state index contributed by atoms with van der Waals surface area (Å²) in [5, 5.41) is 6.64. The summed E-state index contributed by atoms with van der Waals surface area (Å²) in [5.74, 6) is -0.957. The molecule has 13 heteroatoms. The van der Waals surface area contributed by atoms with E-state index in [-0.39, 0.29) is 45.3 Å². The smallest absolute Gasteiger partial charge is 0.408 e. The van der Waals surface area contributed by atoms with Crippen LogP contribution in [0.4, 0.5) is 4.79 Å². The third-order valence-corrected chi connectivity index (χ3v) is 10.8. The van der Waals surface area contributed by atoms with Gasteiger partial charge in [-0.05, 0) is 58.5 Å². The molecule has 0 aliphatic carbocycles. The van der Waals surface area contributed by atoms with Crippen LogP contribution in [0.3, 0.4) is 0 Å². The van der Waals surface area contributed by atoms with Gasteiger partial charge in [0.2, 0.25) is 0 Å². The summed E-state index contributed by atoms with van der Waals surface area (Å²) in [6.45, 7) is 1.49. The number of azide groups is 1. The Kier molecular flexibility index (Phi) is 19.0. The maximum atomic E-state index is 13.0. The van der Waals surface area contributed by atoms with Crippen LogP contribution in [0.2, 0.25) is 0 Å². The monoisotopic (exact) mass is 856 g/mol. The minimum atomic E-state index is -1.03. The predicted octanol–water partition coefficient (Wildman–Crippen LogP) is 9.29. The van der Waals surface area contributed by atoms with Crippen LogP contribution in [0.25, 0.3) is 10.4 Å². The molecular formula is C50H56N4O9. The molecule has 0 aromatic heterocycles. The Balaban J connectivity index is 1.28. The molecule has 0 saturated carbocycles. The number of alkyl carbamates (subject to hydrolysis) is 1. The summed E-state index contributed by atoms with van der Waals surface area (Å²) in [5.41, 5.74) is 14.2. The van der Waals surface area contributed by atoms with Crippen LogP contribution in [0, 0.1) is 5.92 Å². The lowest BCUT2D eigenvalue weighted by Crippen LogP contribution is -2.61. The van der Waals surface area contributed by atoms with Gasteiger partial charge in [-0.15, -0.1) is 0 Å². The molecule has 0 unspecified atom stereocenters. The number of esters is 1. The van der Waals surface area contributed by atoms with E-state index in [1.165, 1.54) is 7.11 Å². The van der Waals surface area contributed by atoms with Crippen LogP contribution < -0.4 is 5.32 Å². The average molecular weight is 857 g/mol. The predicted molar refractivity (Wildman–Crippen MR) is 237 cm³/mol. The fraction of sp³-hybridized carbons (Fsp3) is 0.360. The number of rotatable bonds is 24. The van der Waals surface area contributed by atoms with Gasteiger partial charge in [-0.2, -0.15) is 0 Å². The van der Waals surface area contributed by atoms with Crippen LogP contribution in [0.1, 0.15) is 47.1 Å². The molecule has 7 atom stereocenters. The molecule has 1 N–H and O–H groups in total. The molecule has 0 spiro atoms. The Labute approximate surface area is 369 Å². The number of hydrogen-bond acceptors (Lipinski definition) is 10. The number of methoxy groups -OCH3 is 1. The molecule has 1 fully saturated rings. The topological polar surface area (TPSA) is 160 Å². The minimum Gasteiger partial charge on any atom is -0.467 e. The molecule has 5 aromatic rings. The van der Waals surface area contributed by atoms with Gasteiger partial charge in [-0.25, -0.2) is 9.59 Å². The second-order valence-corrected chi connectivity index (χ2v) is 15.4. The molecule has 1 amide bonds. The van der Waals surface area contributed by atoms with Gasteiger partial charge in [0, 0.05) is 11.5 Å². The Hall–Kier alpha value is -6.05. The van der Waals surface area contributed by atoms with E-state index < -0.39 is 48.6 Å². The van der Waals surface area contributed by atoms with Crippen molar-refractivity contribution in [3.8, 4) is 0 Å². The summed E-state index contributed by atoms with van der Waals surface area (Å²) < 4.78 is 44.5. The lowest BCUT2D eigenvalue weighted by atomic mass is 9.86. The van der Waals surface area contributed by atoms with Gasteiger partial charge < -0.3 is 38.5 Å². The van der Waals surface area contributed by atoms with Crippen molar-refractivity contribution in [2.45, 2.75) is 88.9 Å². The van der Waals surface area contributed by atoms with E-state index in [1.54, 1.807) is 0 Å². The normalized spacial score (nSPS) is 19.2. The number of carbonyl (C=O) groups excluding carboxylic acids is 2. The summed E-state index contributed by atoms with van der Waals surface area (Å²) in [7, 11) is 1.26. The third-order valence-electron chi connectivity index (χ3n) is 10.8. The molecule has 1 aliphatic heterocycles. The molecule has 330 valence electrons. The molecule has 63 heavy (non-hydrogen) atoms. The molecule has 1 heterocycles. The molecule has 6 rings (SSSR count). The number of hydrogen-bond donors (Lipinski definition) is 1. The minimum absolute atomic E-state index is 0.0310. The van der Waals surface area contributed by atoms with Crippen molar-refractivity contribution in [3.63, 3.8) is 0 Å². The van der Waals surface area contributed by atoms with Crippen molar-refractivity contribution < 1.29 is 42.7 Å². The Bertz CT molecular complexity index is 2110. The number of ether oxygens (including phenoxy) is 7. The van der Waals surface area contributed by atoms with E-state index in [1.807, 2.05) is 152 Å². The number of benzene rings is 5. The second-order valence-electron chi connectivity index (χ2n) is 15.4. The molecular weight excluding hydrogens is 801 g/mol. The Morgan fingerprint density at radius 2 is 1.06 bits per heavy atom. The third kappa shape index (κ3) is 15.4. The van der Waals surface area contributed by atoms with Crippen molar-refractivity contribution >= 4 is 12.1 Å². The molecule has 13 nitrogen and oxygen atoms in total. The lowest BCUT2D eigenvalue weighted by molar-refractivity contribution is -0.275. The summed E-state index contributed by atoms with van der Waals surface area (Å²) in [4.78, 5) is 29.0. The van der Waals surface area contributed by atoms with E-state index in [0.717, 1.165) is 27.8 Å². The molecule has 1 saturated heterocycles. The number of amides is 1. The van der Waals surface area contributed by atoms with Crippen LogP contribution in [0.5, 0.6) is 0 Å². The van der Waals surface area contributed by atoms with Crippen molar-refractivity contribution in [3.05, 3.63) is 190 Å². The fourth-order valence-corrected chi connectivity index (χ4v) is 7.54. The Morgan fingerprint density at radius 1 is 0.619 bits per heavy atom. The van der Waals surface area contributed by atoms with E-state index in [4.69, 9.17) is 33.2 Å². The highest BCUT2D eigenvalue weighted by atomic mass is 16.6. The average Bonchev–Trinajstić information content (AvgIpc) is 3.33. The van der Waals surface area contributed by atoms with Crippen LogP contribution >= 0.6 is 0 Å². The van der Waals surface area contributed by atoms with E-state index in [0.29, 0.717) is 26.1 Å². The molecule has 0 radical (unpaired) electrons. The van der Waals surface area contributed by atoms with Crippen molar-refractivity contribution in [1.29, 1.82) is 0 Å². The quantitative estimate of drug-likeness (QED) is 0.0276. The lowest BCUT2D eigenvalue weighted by Gasteiger charge is -2.47. The van der Waals surface area contributed by atoms with Gasteiger partial charge in [0.05, 0.1) is 46.2 Å². The van der Waals surface area contributed by atoms with Crippen molar-refractivity contribution in [2.75, 3.05) is 20.3 Å². The zero-order chi connectivity index (χ0) is 43.9. The molecule has 5 aromatic carbocycles. The highest BCUT2D eigenvalue weighted by molar-refractivity contribution is 5.81. The highest BCUT2D eigenvalue weighted by Gasteiger charge is 2.49. The largest absolute Gasteiger partial charge is 0.467 e. The molecule has 0 bridgehead atoms. The fourth-order valence-electron chi connectivity index (χ4n) is 7.54. The zero-order valence-corrected chi connectivity index (χ0v) is 35.6. The van der Waals surface area contributed by atoms with Crippen molar-refractivity contribution in [1.82, 2.24) is 5.32 Å². The van der Waals surface area contributed by atoms with Crippen LogP contribution in [-0.2, 0) is 71.0 Å². The summed E-state index contributed by atoms with van der Waals surface area (Å²) in [6, 6.07) is 47.8. The first-order chi connectivity index (χ1) is 31.0. The van der Waals surface area contributed by atoms with Gasteiger partial charge in [-0.1, -0.05) is 157 Å². The molecule has 1 aliphatic rings. The zero-order valence-electron chi connectivity index (χ0n) is 35.6. The van der Waals surface area contributed by atoms with E-state index >= 15 is 0 Å². The van der Waals surface area contributed by atoms with E-state index in [9.17, 15) is 15.1 Å². The van der Waals surface area contributed by atoms with E-state index in [2.05, 4.69) is 15.3 Å². The first-order valence-corrected chi connectivity index (χ1v) is 21.3. The van der Waals surface area contributed by atoms with Crippen molar-refractivity contribution in [2.24, 2.45) is 11.0 Å². The van der Waals surface area contributed by atoms with Crippen LogP contribution in [0.15, 0.2) is 157 Å². The number of nitrogens with zero attached hydrogens (tertiary/aromatic N) is 3. The maximum absolute atomic E-state index is 13.0. The maximum Gasteiger partial charge on any atom is 0.408 e. The summed E-state index contributed by atoms with van der Waals surface area (Å²) in [6.07, 6.45) is -3.07. The first kappa shape index (κ1) is 46.5. The first-order valence-electron chi connectivity index (χ1n) is 21.3. The van der Waals surface area contributed by atoms with Gasteiger partial charge in [0.15, 0.2) is 0 Å². The van der Waals surface area contributed by atoms with Gasteiger partial charge in [0.25, 0.3) is 0 Å².